The fourth-order valence-corrected chi connectivity index (χ4v) is 1.41. The highest BCUT2D eigenvalue weighted by atomic mass is 35.5. The quantitative estimate of drug-likeness (QED) is 0.491. The third-order valence-corrected chi connectivity index (χ3v) is 2.21. The van der Waals surface area contributed by atoms with E-state index in [0.717, 1.165) is 5.01 Å². The van der Waals surface area contributed by atoms with Gasteiger partial charge in [0.1, 0.15) is 5.75 Å². The van der Waals surface area contributed by atoms with Gasteiger partial charge in [-0.15, -0.1) is 16.5 Å². The lowest BCUT2D eigenvalue weighted by molar-refractivity contribution is 0.216. The van der Waals surface area contributed by atoms with Crippen molar-refractivity contribution in [1.82, 2.24) is 5.01 Å². The second kappa shape index (κ2) is 7.50. The minimum absolute atomic E-state index is 0.0634. The van der Waals surface area contributed by atoms with Gasteiger partial charge < -0.3 is 10.1 Å². The molecule has 0 radical (unpaired) electrons. The van der Waals surface area contributed by atoms with Crippen LogP contribution in [0.3, 0.4) is 0 Å². The highest BCUT2D eigenvalue weighted by molar-refractivity contribution is 6.18. The normalized spacial score (nSPS) is 9.67. The largest absolute Gasteiger partial charge is 0.494 e. The third kappa shape index (κ3) is 4.21. The Kier molecular flexibility index (Phi) is 5.93. The van der Waals surface area contributed by atoms with Crippen molar-refractivity contribution in [3.8, 4) is 5.75 Å². The molecule has 0 atom stereocenters. The smallest absolute Gasteiger partial charge is 0.344 e. The van der Waals surface area contributed by atoms with Crippen LogP contribution in [0, 0.1) is 4.91 Å². The lowest BCUT2D eigenvalue weighted by Crippen LogP contribution is -2.31. The summed E-state index contributed by atoms with van der Waals surface area (Å²) in [5.74, 6) is 0.851. The van der Waals surface area contributed by atoms with E-state index in [0.29, 0.717) is 18.0 Å². The number of amides is 2. The van der Waals surface area contributed by atoms with Crippen LogP contribution >= 0.6 is 11.6 Å². The summed E-state index contributed by atoms with van der Waals surface area (Å²) in [7, 11) is 0. The van der Waals surface area contributed by atoms with Gasteiger partial charge in [-0.2, -0.15) is 5.01 Å². The SMILES string of the molecule is CCOc1ccc(NC(=O)N(CCCl)N=O)cc1. The van der Waals surface area contributed by atoms with Gasteiger partial charge in [-0.25, -0.2) is 4.79 Å². The molecule has 0 fully saturated rings. The lowest BCUT2D eigenvalue weighted by atomic mass is 10.3. The second-order valence-corrected chi connectivity index (χ2v) is 3.66. The number of nitrogens with one attached hydrogen (secondary N) is 1. The van der Waals surface area contributed by atoms with E-state index in [1.54, 1.807) is 24.3 Å². The molecule has 18 heavy (non-hydrogen) atoms. The molecule has 0 heterocycles. The van der Waals surface area contributed by atoms with Gasteiger partial charge in [-0.3, -0.25) is 0 Å². The molecule has 0 aliphatic carbocycles. The van der Waals surface area contributed by atoms with Crippen LogP contribution in [0.5, 0.6) is 5.75 Å². The van der Waals surface area contributed by atoms with E-state index in [1.807, 2.05) is 6.92 Å². The van der Waals surface area contributed by atoms with Crippen LogP contribution in [0.1, 0.15) is 6.92 Å². The Morgan fingerprint density at radius 1 is 1.44 bits per heavy atom. The molecule has 1 N–H and O–H groups in total. The van der Waals surface area contributed by atoms with Crippen LogP contribution < -0.4 is 10.1 Å². The van der Waals surface area contributed by atoms with Crippen LogP contribution in [-0.4, -0.2) is 30.1 Å². The third-order valence-electron chi connectivity index (χ3n) is 2.05. The molecule has 2 amide bonds. The molecule has 0 saturated carbocycles. The van der Waals surface area contributed by atoms with Crippen LogP contribution in [-0.2, 0) is 0 Å². The molecule has 0 aromatic heterocycles. The van der Waals surface area contributed by atoms with Gasteiger partial charge >= 0.3 is 6.03 Å². The van der Waals surface area contributed by atoms with Crippen molar-refractivity contribution < 1.29 is 9.53 Å². The van der Waals surface area contributed by atoms with Gasteiger partial charge in [0.15, 0.2) is 0 Å². The lowest BCUT2D eigenvalue weighted by Gasteiger charge is -2.13. The number of nitroso groups, excluding NO2 is 1. The topological polar surface area (TPSA) is 71.0 Å². The molecule has 0 bridgehead atoms. The van der Waals surface area contributed by atoms with Gasteiger partial charge in [0.25, 0.3) is 0 Å². The van der Waals surface area contributed by atoms with E-state index in [2.05, 4.69) is 10.6 Å². The Balaban J connectivity index is 2.60. The van der Waals surface area contributed by atoms with E-state index >= 15 is 0 Å². The van der Waals surface area contributed by atoms with Gasteiger partial charge in [0.2, 0.25) is 0 Å². The molecule has 98 valence electrons. The van der Waals surface area contributed by atoms with Gasteiger partial charge in [0.05, 0.1) is 18.4 Å². The average molecular weight is 272 g/mol. The van der Waals surface area contributed by atoms with Gasteiger partial charge in [-0.05, 0) is 31.2 Å². The first-order chi connectivity index (χ1) is 8.71. The Labute approximate surface area is 110 Å². The monoisotopic (exact) mass is 271 g/mol. The molecular weight excluding hydrogens is 258 g/mol. The molecule has 1 aromatic rings. The first-order valence-electron chi connectivity index (χ1n) is 5.42. The predicted molar refractivity (Wildman–Crippen MR) is 69.9 cm³/mol. The standard InChI is InChI=1S/C11H14ClN3O3/c1-2-18-10-5-3-9(4-6-10)13-11(16)15(14-17)8-7-12/h3-6H,2,7-8H2,1H3,(H,13,16). The fraction of sp³-hybridized carbons (Fsp3) is 0.364. The van der Waals surface area contributed by atoms with Gasteiger partial charge in [0, 0.05) is 11.6 Å². The molecule has 1 aromatic carbocycles. The van der Waals surface area contributed by atoms with E-state index in [1.165, 1.54) is 0 Å². The average Bonchev–Trinajstić information content (AvgIpc) is 2.38. The number of ether oxygens (including phenoxy) is 1. The maximum Gasteiger partial charge on any atom is 0.344 e. The first-order valence-corrected chi connectivity index (χ1v) is 5.95. The molecule has 0 aliphatic rings. The zero-order valence-corrected chi connectivity index (χ0v) is 10.7. The molecule has 0 aliphatic heterocycles. The Morgan fingerprint density at radius 3 is 2.61 bits per heavy atom. The van der Waals surface area contributed by atoms with Crippen molar-refractivity contribution in [3.63, 3.8) is 0 Å². The Bertz CT molecular complexity index is 397. The molecule has 0 unspecified atom stereocenters. The van der Waals surface area contributed by atoms with Crippen molar-refractivity contribution in [2.45, 2.75) is 6.92 Å². The Hall–Kier alpha value is -1.82. The summed E-state index contributed by atoms with van der Waals surface area (Å²) in [6.07, 6.45) is 0. The number of hydrogen-bond acceptors (Lipinski definition) is 4. The van der Waals surface area contributed by atoms with E-state index in [9.17, 15) is 9.70 Å². The number of benzene rings is 1. The van der Waals surface area contributed by atoms with E-state index < -0.39 is 6.03 Å². The fourth-order valence-electron chi connectivity index (χ4n) is 1.25. The van der Waals surface area contributed by atoms with Crippen molar-refractivity contribution in [2.75, 3.05) is 24.3 Å². The van der Waals surface area contributed by atoms with Gasteiger partial charge in [-0.1, -0.05) is 0 Å². The zero-order valence-electron chi connectivity index (χ0n) is 9.93. The summed E-state index contributed by atoms with van der Waals surface area (Å²) in [5, 5.41) is 5.83. The molecular formula is C11H14ClN3O3. The van der Waals surface area contributed by atoms with E-state index in [4.69, 9.17) is 16.3 Å². The number of halogens is 1. The summed E-state index contributed by atoms with van der Waals surface area (Å²) < 4.78 is 5.26. The first kappa shape index (κ1) is 14.2. The maximum atomic E-state index is 11.6. The highest BCUT2D eigenvalue weighted by Gasteiger charge is 2.13. The summed E-state index contributed by atoms with van der Waals surface area (Å²) >= 11 is 5.44. The van der Waals surface area contributed by atoms with Crippen molar-refractivity contribution in [1.29, 1.82) is 0 Å². The minimum atomic E-state index is -0.616. The number of rotatable bonds is 6. The van der Waals surface area contributed by atoms with Crippen molar-refractivity contribution >= 4 is 23.3 Å². The summed E-state index contributed by atoms with van der Waals surface area (Å²) in [6, 6.07) is 6.17. The van der Waals surface area contributed by atoms with Crippen LogP contribution in [0.25, 0.3) is 0 Å². The molecule has 0 spiro atoms. The van der Waals surface area contributed by atoms with Crippen LogP contribution in [0.2, 0.25) is 0 Å². The minimum Gasteiger partial charge on any atom is -0.494 e. The Morgan fingerprint density at radius 2 is 2.11 bits per heavy atom. The molecule has 0 saturated heterocycles. The number of urea groups is 1. The number of anilines is 1. The van der Waals surface area contributed by atoms with Crippen molar-refractivity contribution in [2.24, 2.45) is 5.29 Å². The number of nitrogens with zero attached hydrogens (tertiary/aromatic N) is 2. The molecule has 7 heteroatoms. The van der Waals surface area contributed by atoms with Crippen molar-refractivity contribution in [3.05, 3.63) is 29.2 Å². The summed E-state index contributed by atoms with van der Waals surface area (Å²) in [6.45, 7) is 2.52. The zero-order chi connectivity index (χ0) is 13.4. The summed E-state index contributed by atoms with van der Waals surface area (Å²) in [5.41, 5.74) is 0.548. The van der Waals surface area contributed by atoms with Crippen LogP contribution in [0.15, 0.2) is 29.6 Å². The molecule has 1 rings (SSSR count). The molecule has 6 nitrogen and oxygen atoms in total. The second-order valence-electron chi connectivity index (χ2n) is 3.28. The number of hydrogen-bond donors (Lipinski definition) is 1. The number of alkyl halides is 1. The maximum absolute atomic E-state index is 11.6. The highest BCUT2D eigenvalue weighted by Crippen LogP contribution is 2.16. The predicted octanol–water partition coefficient (Wildman–Crippen LogP) is 2.84. The van der Waals surface area contributed by atoms with Crippen LogP contribution in [0.4, 0.5) is 10.5 Å². The summed E-state index contributed by atoms with van der Waals surface area (Å²) in [4.78, 5) is 22.0. The van der Waals surface area contributed by atoms with E-state index in [-0.39, 0.29) is 12.4 Å². The number of carbonyl (C=O) groups excluding carboxylic acids is 1. The number of carbonyl (C=O) groups is 1.